The highest BCUT2D eigenvalue weighted by Crippen LogP contribution is 2.27. The molecule has 0 fully saturated rings. The summed E-state index contributed by atoms with van der Waals surface area (Å²) in [4.78, 5) is 15.2. The zero-order valence-corrected chi connectivity index (χ0v) is 9.52. The number of carbonyl (C=O) groups is 1. The maximum atomic E-state index is 12.7. The van der Waals surface area contributed by atoms with Crippen molar-refractivity contribution in [3.63, 3.8) is 0 Å². The molecule has 0 radical (unpaired) electrons. The number of pyridine rings is 1. The fourth-order valence-electron chi connectivity index (χ4n) is 1.37. The zero-order valence-electron chi connectivity index (χ0n) is 8.76. The maximum Gasteiger partial charge on any atom is 0.338 e. The molecule has 6 heteroatoms. The van der Waals surface area contributed by atoms with Crippen LogP contribution in [0.2, 0.25) is 0 Å². The Morgan fingerprint density at radius 1 is 1.62 bits per heavy atom. The lowest BCUT2D eigenvalue weighted by atomic mass is 10.1. The van der Waals surface area contributed by atoms with Gasteiger partial charge in [-0.1, -0.05) is 0 Å². The number of esters is 1. The van der Waals surface area contributed by atoms with Gasteiger partial charge in [0, 0.05) is 5.69 Å². The van der Waals surface area contributed by atoms with Crippen molar-refractivity contribution in [1.29, 1.82) is 0 Å². The van der Waals surface area contributed by atoms with Gasteiger partial charge in [0.05, 0.1) is 29.8 Å². The Hall–Kier alpha value is -1.23. The molecule has 0 aliphatic heterocycles. The van der Waals surface area contributed by atoms with Crippen LogP contribution in [-0.2, 0) is 10.6 Å². The van der Waals surface area contributed by atoms with Crippen LogP contribution in [0.15, 0.2) is 6.07 Å². The van der Waals surface area contributed by atoms with E-state index in [0.29, 0.717) is 5.69 Å². The molecule has 3 nitrogen and oxygen atoms in total. The largest absolute Gasteiger partial charge is 0.465 e. The van der Waals surface area contributed by atoms with Gasteiger partial charge >= 0.3 is 5.97 Å². The molecule has 0 amide bonds. The topological polar surface area (TPSA) is 39.2 Å². The van der Waals surface area contributed by atoms with Crippen molar-refractivity contribution in [1.82, 2.24) is 4.98 Å². The molecular weight excluding hydrogens is 240 g/mol. The van der Waals surface area contributed by atoms with Crippen molar-refractivity contribution in [2.45, 2.75) is 19.2 Å². The normalized spacial score (nSPS) is 10.6. The first kappa shape index (κ1) is 12.8. The first-order chi connectivity index (χ1) is 7.51. The van der Waals surface area contributed by atoms with Gasteiger partial charge in [0.1, 0.15) is 0 Å². The van der Waals surface area contributed by atoms with Gasteiger partial charge in [-0.15, -0.1) is 11.6 Å². The summed E-state index contributed by atoms with van der Waals surface area (Å²) in [6, 6.07) is 1.23. The SMILES string of the molecule is COC(=O)c1cc(CCl)nc(C)c1C(F)F. The van der Waals surface area contributed by atoms with Gasteiger partial charge in [0.2, 0.25) is 0 Å². The van der Waals surface area contributed by atoms with E-state index in [1.54, 1.807) is 0 Å². The number of nitrogens with zero attached hydrogens (tertiary/aromatic N) is 1. The van der Waals surface area contributed by atoms with Crippen molar-refractivity contribution < 1.29 is 18.3 Å². The highest BCUT2D eigenvalue weighted by atomic mass is 35.5. The van der Waals surface area contributed by atoms with E-state index in [9.17, 15) is 13.6 Å². The molecule has 1 rings (SSSR count). The molecule has 88 valence electrons. The molecule has 1 aromatic heterocycles. The summed E-state index contributed by atoms with van der Waals surface area (Å²) < 4.78 is 29.9. The minimum absolute atomic E-state index is 0.0500. The zero-order chi connectivity index (χ0) is 12.3. The number of carbonyl (C=O) groups excluding carboxylic acids is 1. The maximum absolute atomic E-state index is 12.7. The van der Waals surface area contributed by atoms with E-state index in [4.69, 9.17) is 11.6 Å². The lowest BCUT2D eigenvalue weighted by Crippen LogP contribution is -2.10. The number of halogens is 3. The Balaban J connectivity index is 3.40. The van der Waals surface area contributed by atoms with Crippen molar-refractivity contribution in [3.05, 3.63) is 28.6 Å². The summed E-state index contributed by atoms with van der Waals surface area (Å²) in [5.74, 6) is -0.763. The van der Waals surface area contributed by atoms with Gasteiger partial charge in [0.25, 0.3) is 6.43 Å². The van der Waals surface area contributed by atoms with E-state index in [-0.39, 0.29) is 17.1 Å². The summed E-state index contributed by atoms with van der Waals surface area (Å²) in [5, 5.41) is 0. The molecule has 16 heavy (non-hydrogen) atoms. The highest BCUT2D eigenvalue weighted by molar-refractivity contribution is 6.17. The average molecular weight is 250 g/mol. The molecule has 0 N–H and O–H groups in total. The van der Waals surface area contributed by atoms with Crippen LogP contribution in [0, 0.1) is 6.92 Å². The Kier molecular flexibility index (Phi) is 4.18. The molecule has 0 aliphatic rings. The van der Waals surface area contributed by atoms with Gasteiger partial charge in [-0.25, -0.2) is 13.6 Å². The molecule has 0 aromatic carbocycles. The molecule has 0 unspecified atom stereocenters. The fraction of sp³-hybridized carbons (Fsp3) is 0.400. The Morgan fingerprint density at radius 2 is 2.25 bits per heavy atom. The number of ether oxygens (including phenoxy) is 1. The van der Waals surface area contributed by atoms with Crippen LogP contribution in [0.4, 0.5) is 8.78 Å². The quantitative estimate of drug-likeness (QED) is 0.611. The second kappa shape index (κ2) is 5.21. The first-order valence-electron chi connectivity index (χ1n) is 4.44. The van der Waals surface area contributed by atoms with E-state index in [0.717, 1.165) is 7.11 Å². The minimum Gasteiger partial charge on any atom is -0.465 e. The summed E-state index contributed by atoms with van der Waals surface area (Å²) >= 11 is 5.55. The van der Waals surface area contributed by atoms with E-state index < -0.39 is 18.0 Å². The molecule has 1 aromatic rings. The van der Waals surface area contributed by atoms with Crippen LogP contribution in [0.25, 0.3) is 0 Å². The molecule has 0 saturated heterocycles. The smallest absolute Gasteiger partial charge is 0.338 e. The lowest BCUT2D eigenvalue weighted by molar-refractivity contribution is 0.0588. The Bertz CT molecular complexity index is 410. The average Bonchev–Trinajstić information content (AvgIpc) is 2.26. The van der Waals surface area contributed by atoms with Crippen LogP contribution < -0.4 is 0 Å². The van der Waals surface area contributed by atoms with Gasteiger partial charge < -0.3 is 4.74 Å². The molecule has 0 spiro atoms. The van der Waals surface area contributed by atoms with E-state index in [1.165, 1.54) is 13.0 Å². The first-order valence-corrected chi connectivity index (χ1v) is 4.97. The molecular formula is C10H10ClF2NO2. The van der Waals surface area contributed by atoms with Gasteiger partial charge in [0.15, 0.2) is 0 Å². The van der Waals surface area contributed by atoms with Crippen LogP contribution >= 0.6 is 11.6 Å². The van der Waals surface area contributed by atoms with Gasteiger partial charge in [-0.05, 0) is 13.0 Å². The summed E-state index contributed by atoms with van der Waals surface area (Å²) in [5.41, 5.74) is -0.126. The van der Waals surface area contributed by atoms with Crippen molar-refractivity contribution in [2.75, 3.05) is 7.11 Å². The third-order valence-corrected chi connectivity index (χ3v) is 2.34. The Labute approximate surface area is 96.4 Å². The predicted octanol–water partition coefficient (Wildman–Crippen LogP) is 2.85. The highest BCUT2D eigenvalue weighted by Gasteiger charge is 2.23. The fourth-order valence-corrected chi connectivity index (χ4v) is 1.51. The number of alkyl halides is 3. The van der Waals surface area contributed by atoms with Crippen LogP contribution in [0.1, 0.15) is 33.7 Å². The van der Waals surface area contributed by atoms with Gasteiger partial charge in [-0.3, -0.25) is 4.98 Å². The molecule has 0 atom stereocenters. The van der Waals surface area contributed by atoms with Crippen molar-refractivity contribution in [3.8, 4) is 0 Å². The number of hydrogen-bond donors (Lipinski definition) is 0. The number of aromatic nitrogens is 1. The second-order valence-electron chi connectivity index (χ2n) is 3.09. The number of methoxy groups -OCH3 is 1. The Morgan fingerprint density at radius 3 is 2.69 bits per heavy atom. The molecule has 1 heterocycles. The molecule has 0 aliphatic carbocycles. The monoisotopic (exact) mass is 249 g/mol. The van der Waals surface area contributed by atoms with Gasteiger partial charge in [-0.2, -0.15) is 0 Å². The number of rotatable bonds is 3. The van der Waals surface area contributed by atoms with Crippen molar-refractivity contribution in [2.24, 2.45) is 0 Å². The third-order valence-electron chi connectivity index (χ3n) is 2.06. The predicted molar refractivity (Wildman–Crippen MR) is 54.8 cm³/mol. The van der Waals surface area contributed by atoms with Crippen molar-refractivity contribution >= 4 is 17.6 Å². The van der Waals surface area contributed by atoms with Crippen LogP contribution in [0.3, 0.4) is 0 Å². The molecule has 0 saturated carbocycles. The van der Waals surface area contributed by atoms with E-state index >= 15 is 0 Å². The van der Waals surface area contributed by atoms with E-state index in [2.05, 4.69) is 9.72 Å². The summed E-state index contributed by atoms with van der Waals surface area (Å²) in [7, 11) is 1.13. The molecule has 0 bridgehead atoms. The number of aryl methyl sites for hydroxylation is 1. The van der Waals surface area contributed by atoms with Crippen LogP contribution in [-0.4, -0.2) is 18.1 Å². The van der Waals surface area contributed by atoms with Crippen LogP contribution in [0.5, 0.6) is 0 Å². The standard InChI is InChI=1S/C10H10ClF2NO2/c1-5-8(9(12)13)7(10(15)16-2)3-6(4-11)14-5/h3,9H,4H2,1-2H3. The summed E-state index contributed by atoms with van der Waals surface area (Å²) in [6.07, 6.45) is -2.77. The summed E-state index contributed by atoms with van der Waals surface area (Å²) in [6.45, 7) is 1.41. The lowest BCUT2D eigenvalue weighted by Gasteiger charge is -2.11. The minimum atomic E-state index is -2.77. The second-order valence-corrected chi connectivity index (χ2v) is 3.35. The third kappa shape index (κ3) is 2.47. The van der Waals surface area contributed by atoms with E-state index in [1.807, 2.05) is 0 Å². The number of hydrogen-bond acceptors (Lipinski definition) is 3.